The lowest BCUT2D eigenvalue weighted by Crippen LogP contribution is -2.37. The van der Waals surface area contributed by atoms with Gasteiger partial charge in [0.05, 0.1) is 11.1 Å². The Hall–Kier alpha value is -1.89. The van der Waals surface area contributed by atoms with Gasteiger partial charge in [0, 0.05) is 35.6 Å². The zero-order chi connectivity index (χ0) is 15.7. The molecule has 0 radical (unpaired) electrons. The van der Waals surface area contributed by atoms with E-state index in [4.69, 9.17) is 5.73 Å². The first-order valence-corrected chi connectivity index (χ1v) is 7.92. The average molecular weight is 351 g/mol. The molecule has 0 fully saturated rings. The molecule has 122 valence electrons. The zero-order valence-corrected chi connectivity index (χ0v) is 14.6. The van der Waals surface area contributed by atoms with E-state index in [0.717, 1.165) is 21.9 Å². The van der Waals surface area contributed by atoms with Crippen LogP contribution in [-0.4, -0.2) is 21.8 Å². The van der Waals surface area contributed by atoms with Crippen molar-refractivity contribution >= 4 is 40.3 Å². The van der Waals surface area contributed by atoms with Crippen LogP contribution in [0.1, 0.15) is 13.8 Å². The third-order valence-corrected chi connectivity index (χ3v) is 4.43. The predicted molar refractivity (Wildman–Crippen MR) is 97.2 cm³/mol. The minimum Gasteiger partial charge on any atom is -0.329 e. The van der Waals surface area contributed by atoms with Gasteiger partial charge in [0.2, 0.25) is 5.91 Å². The molecular weight excluding hydrogens is 332 g/mol. The lowest BCUT2D eigenvalue weighted by Gasteiger charge is -2.21. The average Bonchev–Trinajstić information content (AvgIpc) is 3.09. The van der Waals surface area contributed by atoms with E-state index in [1.54, 1.807) is 11.3 Å². The molecule has 1 amide bonds. The number of thiazole rings is 1. The maximum absolute atomic E-state index is 12.1. The molecule has 0 spiro atoms. The van der Waals surface area contributed by atoms with Gasteiger partial charge in [0.25, 0.3) is 0 Å². The highest BCUT2D eigenvalue weighted by Gasteiger charge is 2.25. The molecule has 2 heterocycles. The first-order valence-electron chi connectivity index (χ1n) is 7.04. The fraction of sp³-hybridized carbons (Fsp3) is 0.250. The number of carbonyl (C=O) groups excluding carboxylic acids is 1. The van der Waals surface area contributed by atoms with E-state index in [9.17, 15) is 4.79 Å². The van der Waals surface area contributed by atoms with Crippen molar-refractivity contribution in [2.24, 2.45) is 11.1 Å². The molecule has 0 saturated heterocycles. The van der Waals surface area contributed by atoms with E-state index in [2.05, 4.69) is 10.3 Å². The number of hydrogen-bond donors (Lipinski definition) is 2. The van der Waals surface area contributed by atoms with Crippen molar-refractivity contribution in [2.45, 2.75) is 13.8 Å². The van der Waals surface area contributed by atoms with E-state index < -0.39 is 5.41 Å². The number of nitrogens with two attached hydrogens (primary N) is 1. The number of aromatic nitrogens is 2. The first kappa shape index (κ1) is 17.5. The van der Waals surface area contributed by atoms with Crippen LogP contribution in [0.3, 0.4) is 0 Å². The summed E-state index contributed by atoms with van der Waals surface area (Å²) < 4.78 is 2.00. The number of anilines is 1. The van der Waals surface area contributed by atoms with Gasteiger partial charge in [-0.15, -0.1) is 23.7 Å². The number of rotatable bonds is 4. The van der Waals surface area contributed by atoms with Crippen LogP contribution in [0.5, 0.6) is 0 Å². The summed E-state index contributed by atoms with van der Waals surface area (Å²) in [6, 6.07) is 7.68. The molecule has 0 atom stereocenters. The Morgan fingerprint density at radius 1 is 1.35 bits per heavy atom. The first-order chi connectivity index (χ1) is 10.5. The van der Waals surface area contributed by atoms with E-state index in [1.165, 1.54) is 0 Å². The maximum Gasteiger partial charge on any atom is 0.231 e. The van der Waals surface area contributed by atoms with Gasteiger partial charge in [-0.05, 0) is 26.0 Å². The monoisotopic (exact) mass is 350 g/mol. The van der Waals surface area contributed by atoms with Crippen LogP contribution in [0.25, 0.3) is 16.2 Å². The quantitative estimate of drug-likeness (QED) is 0.757. The lowest BCUT2D eigenvalue weighted by atomic mass is 9.92. The molecule has 3 N–H and O–H groups in total. The summed E-state index contributed by atoms with van der Waals surface area (Å²) in [5, 5.41) is 4.89. The molecule has 0 aliphatic heterocycles. The minimum atomic E-state index is -0.576. The molecule has 5 nitrogen and oxygen atoms in total. The molecular formula is C16H19ClN4OS. The van der Waals surface area contributed by atoms with Gasteiger partial charge in [-0.2, -0.15) is 0 Å². The Bertz CT molecular complexity index is 778. The number of fused-ring (bicyclic) bond motifs is 1. The second-order valence-corrected chi connectivity index (χ2v) is 6.71. The number of amides is 1. The SMILES string of the molecule is CC(C)(CN)C(=O)Nc1ccc(-c2cn3ccsc3n2)cc1.Cl. The van der Waals surface area contributed by atoms with Gasteiger partial charge in [0.15, 0.2) is 4.96 Å². The largest absolute Gasteiger partial charge is 0.329 e. The molecule has 0 aliphatic carbocycles. The van der Waals surface area contributed by atoms with Crippen molar-refractivity contribution in [1.29, 1.82) is 0 Å². The van der Waals surface area contributed by atoms with Gasteiger partial charge in [0.1, 0.15) is 0 Å². The summed E-state index contributed by atoms with van der Waals surface area (Å²) in [5.41, 5.74) is 7.74. The minimum absolute atomic E-state index is 0. The third-order valence-electron chi connectivity index (χ3n) is 3.66. The van der Waals surface area contributed by atoms with Crippen molar-refractivity contribution < 1.29 is 4.79 Å². The molecule has 23 heavy (non-hydrogen) atoms. The molecule has 0 bridgehead atoms. The van der Waals surface area contributed by atoms with Crippen molar-refractivity contribution in [3.63, 3.8) is 0 Å². The van der Waals surface area contributed by atoms with Crippen molar-refractivity contribution in [3.05, 3.63) is 42.0 Å². The van der Waals surface area contributed by atoms with Gasteiger partial charge in [-0.25, -0.2) is 4.98 Å². The van der Waals surface area contributed by atoms with Gasteiger partial charge in [-0.1, -0.05) is 12.1 Å². The number of carbonyl (C=O) groups is 1. The number of hydrogen-bond acceptors (Lipinski definition) is 4. The number of imidazole rings is 1. The Morgan fingerprint density at radius 2 is 2.04 bits per heavy atom. The molecule has 3 rings (SSSR count). The molecule has 1 aromatic carbocycles. The van der Waals surface area contributed by atoms with E-state index >= 15 is 0 Å². The summed E-state index contributed by atoms with van der Waals surface area (Å²) in [6.07, 6.45) is 3.98. The van der Waals surface area contributed by atoms with Gasteiger partial charge >= 0.3 is 0 Å². The van der Waals surface area contributed by atoms with E-state index in [0.29, 0.717) is 6.54 Å². The molecule has 0 aliphatic rings. The van der Waals surface area contributed by atoms with Crippen LogP contribution in [0.2, 0.25) is 0 Å². The smallest absolute Gasteiger partial charge is 0.231 e. The van der Waals surface area contributed by atoms with Crippen LogP contribution in [0.15, 0.2) is 42.0 Å². The van der Waals surface area contributed by atoms with Crippen LogP contribution >= 0.6 is 23.7 Å². The van der Waals surface area contributed by atoms with Crippen LogP contribution in [0.4, 0.5) is 5.69 Å². The van der Waals surface area contributed by atoms with Crippen molar-refractivity contribution in [3.8, 4) is 11.3 Å². The lowest BCUT2D eigenvalue weighted by molar-refractivity contribution is -0.123. The molecule has 7 heteroatoms. The Kier molecular flexibility index (Phi) is 5.09. The fourth-order valence-corrected chi connectivity index (χ4v) is 2.68. The standard InChI is InChI=1S/C16H18N4OS.ClH/c1-16(2,10-17)14(21)18-12-5-3-11(4-6-12)13-9-20-7-8-22-15(20)19-13;/h3-9H,10,17H2,1-2H3,(H,18,21);1H. The molecule has 2 aromatic heterocycles. The van der Waals surface area contributed by atoms with Crippen LogP contribution in [0, 0.1) is 5.41 Å². The van der Waals surface area contributed by atoms with Crippen LogP contribution < -0.4 is 11.1 Å². The van der Waals surface area contributed by atoms with Crippen LogP contribution in [-0.2, 0) is 4.79 Å². The Morgan fingerprint density at radius 3 is 2.65 bits per heavy atom. The topological polar surface area (TPSA) is 72.4 Å². The predicted octanol–water partition coefficient (Wildman–Crippen LogP) is 3.41. The normalized spacial score (nSPS) is 11.3. The zero-order valence-electron chi connectivity index (χ0n) is 12.9. The second kappa shape index (κ2) is 6.70. The molecule has 0 unspecified atom stereocenters. The number of nitrogens with zero attached hydrogens (tertiary/aromatic N) is 2. The maximum atomic E-state index is 12.1. The molecule has 0 saturated carbocycles. The third kappa shape index (κ3) is 3.55. The van der Waals surface area contributed by atoms with E-state index in [-0.39, 0.29) is 18.3 Å². The second-order valence-electron chi connectivity index (χ2n) is 5.84. The summed E-state index contributed by atoms with van der Waals surface area (Å²) in [7, 11) is 0. The number of halogens is 1. The summed E-state index contributed by atoms with van der Waals surface area (Å²) in [6.45, 7) is 3.96. The highest BCUT2D eigenvalue weighted by atomic mass is 35.5. The number of benzene rings is 1. The Labute approximate surface area is 144 Å². The van der Waals surface area contributed by atoms with Gasteiger partial charge < -0.3 is 11.1 Å². The fourth-order valence-electron chi connectivity index (χ4n) is 1.98. The van der Waals surface area contributed by atoms with E-state index in [1.807, 2.05) is 60.3 Å². The summed E-state index contributed by atoms with van der Waals surface area (Å²) in [5.74, 6) is -0.0785. The van der Waals surface area contributed by atoms with Crippen molar-refractivity contribution in [2.75, 3.05) is 11.9 Å². The van der Waals surface area contributed by atoms with Gasteiger partial charge in [-0.3, -0.25) is 9.20 Å². The highest BCUT2D eigenvalue weighted by Crippen LogP contribution is 2.24. The molecule has 3 aromatic rings. The Balaban J connectivity index is 0.00000192. The number of nitrogens with one attached hydrogen (secondary N) is 1. The highest BCUT2D eigenvalue weighted by molar-refractivity contribution is 7.15. The van der Waals surface area contributed by atoms with Crippen molar-refractivity contribution in [1.82, 2.24) is 9.38 Å². The summed E-state index contributed by atoms with van der Waals surface area (Å²) >= 11 is 1.60. The summed E-state index contributed by atoms with van der Waals surface area (Å²) in [4.78, 5) is 17.6.